The number of Topliss-reactive ketones (excluding diaryl/α,β-unsaturated/α-hetero) is 1. The number of carbonyl (C=O) groups is 1. The summed E-state index contributed by atoms with van der Waals surface area (Å²) in [4.78, 5) is 11.1. The van der Waals surface area contributed by atoms with Gasteiger partial charge in [-0.3, -0.25) is 9.48 Å². The average molecular weight is 223 g/mol. The number of ketones is 1. The van der Waals surface area contributed by atoms with Gasteiger partial charge in [0.15, 0.2) is 5.78 Å². The van der Waals surface area contributed by atoms with E-state index in [1.165, 1.54) is 6.42 Å². The third-order valence-electron chi connectivity index (χ3n) is 2.65. The van der Waals surface area contributed by atoms with E-state index in [1.54, 1.807) is 13.1 Å². The summed E-state index contributed by atoms with van der Waals surface area (Å²) in [7, 11) is 0. The van der Waals surface area contributed by atoms with Gasteiger partial charge in [-0.25, -0.2) is 0 Å². The van der Waals surface area contributed by atoms with Crippen molar-refractivity contribution >= 4 is 5.78 Å². The van der Waals surface area contributed by atoms with Gasteiger partial charge < -0.3 is 5.32 Å². The van der Waals surface area contributed by atoms with Gasteiger partial charge >= 0.3 is 0 Å². The first-order valence-electron chi connectivity index (χ1n) is 6.03. The average Bonchev–Trinajstić information content (AvgIpc) is 2.82. The maximum absolute atomic E-state index is 11.1. The van der Waals surface area contributed by atoms with Crippen molar-refractivity contribution in [3.8, 4) is 0 Å². The Labute approximate surface area is 97.0 Å². The van der Waals surface area contributed by atoms with Crippen molar-refractivity contribution < 1.29 is 4.79 Å². The molecule has 0 saturated carbocycles. The molecule has 4 nitrogen and oxygen atoms in total. The van der Waals surface area contributed by atoms with Crippen LogP contribution in [0.2, 0.25) is 0 Å². The van der Waals surface area contributed by atoms with Crippen molar-refractivity contribution in [3.05, 3.63) is 18.0 Å². The summed E-state index contributed by atoms with van der Waals surface area (Å²) in [6.45, 7) is 7.62. The number of hydrogen-bond acceptors (Lipinski definition) is 3. The molecule has 2 rings (SSSR count). The molecule has 1 N–H and O–H groups in total. The van der Waals surface area contributed by atoms with E-state index in [2.05, 4.69) is 10.4 Å². The molecule has 1 fully saturated rings. The van der Waals surface area contributed by atoms with Crippen LogP contribution in [0.4, 0.5) is 0 Å². The van der Waals surface area contributed by atoms with Crippen molar-refractivity contribution in [2.45, 2.75) is 39.7 Å². The molecule has 2 heterocycles. The van der Waals surface area contributed by atoms with Crippen molar-refractivity contribution in [2.75, 3.05) is 13.1 Å². The maximum atomic E-state index is 11.1. The van der Waals surface area contributed by atoms with Gasteiger partial charge in [0.25, 0.3) is 0 Å². The maximum Gasteiger partial charge on any atom is 0.162 e. The lowest BCUT2D eigenvalue weighted by atomic mass is 10.1. The van der Waals surface area contributed by atoms with Gasteiger partial charge in [-0.2, -0.15) is 5.10 Å². The van der Waals surface area contributed by atoms with Crippen LogP contribution in [-0.4, -0.2) is 28.7 Å². The Morgan fingerprint density at radius 3 is 2.81 bits per heavy atom. The highest BCUT2D eigenvalue weighted by molar-refractivity contribution is 5.93. The molecule has 0 spiro atoms. The van der Waals surface area contributed by atoms with E-state index >= 15 is 0 Å². The van der Waals surface area contributed by atoms with Crippen LogP contribution in [0, 0.1) is 0 Å². The molecule has 1 atom stereocenters. The van der Waals surface area contributed by atoms with Crippen LogP contribution in [0.1, 0.15) is 50.0 Å². The monoisotopic (exact) mass is 223 g/mol. The van der Waals surface area contributed by atoms with Gasteiger partial charge in [0.05, 0.1) is 17.8 Å². The SMILES string of the molecule is CC.CC(=O)c1cnn(C2CCCNC2)c1. The van der Waals surface area contributed by atoms with Gasteiger partial charge in [-0.15, -0.1) is 0 Å². The fourth-order valence-electron chi connectivity index (χ4n) is 1.78. The lowest BCUT2D eigenvalue weighted by molar-refractivity contribution is 0.101. The Morgan fingerprint density at radius 1 is 1.56 bits per heavy atom. The van der Waals surface area contributed by atoms with Gasteiger partial charge in [0.2, 0.25) is 0 Å². The third kappa shape index (κ3) is 3.17. The molecule has 1 unspecified atom stereocenters. The van der Waals surface area contributed by atoms with Gasteiger partial charge in [-0.1, -0.05) is 13.8 Å². The predicted molar refractivity (Wildman–Crippen MR) is 64.7 cm³/mol. The number of rotatable bonds is 2. The molecule has 1 saturated heterocycles. The standard InChI is InChI=1S/C10H15N3O.C2H6/c1-8(14)9-5-12-13(7-9)10-3-2-4-11-6-10;1-2/h5,7,10-11H,2-4,6H2,1H3;1-2H3. The van der Waals surface area contributed by atoms with E-state index < -0.39 is 0 Å². The number of carbonyl (C=O) groups excluding carboxylic acids is 1. The minimum atomic E-state index is 0.0834. The van der Waals surface area contributed by atoms with Crippen LogP contribution in [0.15, 0.2) is 12.4 Å². The third-order valence-corrected chi connectivity index (χ3v) is 2.65. The zero-order chi connectivity index (χ0) is 12.0. The molecular formula is C12H21N3O. The fourth-order valence-corrected chi connectivity index (χ4v) is 1.78. The van der Waals surface area contributed by atoms with E-state index in [0.29, 0.717) is 11.6 Å². The van der Waals surface area contributed by atoms with Crippen LogP contribution < -0.4 is 5.32 Å². The normalized spacial score (nSPS) is 19.8. The number of hydrogen-bond donors (Lipinski definition) is 1. The number of nitrogens with zero attached hydrogens (tertiary/aromatic N) is 2. The Hall–Kier alpha value is -1.16. The van der Waals surface area contributed by atoms with Crippen LogP contribution in [0.3, 0.4) is 0 Å². The van der Waals surface area contributed by atoms with E-state index in [1.807, 2.05) is 24.7 Å². The van der Waals surface area contributed by atoms with Crippen molar-refractivity contribution in [3.63, 3.8) is 0 Å². The zero-order valence-electron chi connectivity index (χ0n) is 10.4. The molecule has 90 valence electrons. The number of piperidine rings is 1. The Morgan fingerprint density at radius 2 is 2.31 bits per heavy atom. The lowest BCUT2D eigenvalue weighted by Gasteiger charge is -2.22. The molecule has 0 amide bonds. The molecule has 1 aromatic rings. The fraction of sp³-hybridized carbons (Fsp3) is 0.667. The summed E-state index contributed by atoms with van der Waals surface area (Å²) in [5, 5.41) is 7.54. The molecule has 0 bridgehead atoms. The van der Waals surface area contributed by atoms with E-state index in [-0.39, 0.29) is 5.78 Å². The van der Waals surface area contributed by atoms with Crippen molar-refractivity contribution in [1.29, 1.82) is 0 Å². The minimum absolute atomic E-state index is 0.0834. The highest BCUT2D eigenvalue weighted by atomic mass is 16.1. The Balaban J connectivity index is 0.000000606. The highest BCUT2D eigenvalue weighted by Crippen LogP contribution is 2.15. The molecule has 16 heavy (non-hydrogen) atoms. The molecule has 0 radical (unpaired) electrons. The molecular weight excluding hydrogens is 202 g/mol. The molecule has 1 aromatic heterocycles. The van der Waals surface area contributed by atoms with Gasteiger partial charge in [0, 0.05) is 12.7 Å². The zero-order valence-corrected chi connectivity index (χ0v) is 10.4. The first-order chi connectivity index (χ1) is 7.77. The molecule has 1 aliphatic heterocycles. The molecule has 0 aromatic carbocycles. The summed E-state index contributed by atoms with van der Waals surface area (Å²) in [5.74, 6) is 0.0834. The summed E-state index contributed by atoms with van der Waals surface area (Å²) in [6.07, 6.45) is 5.82. The molecule has 0 aliphatic carbocycles. The molecule has 4 heteroatoms. The number of nitrogens with one attached hydrogen (secondary N) is 1. The van der Waals surface area contributed by atoms with Crippen molar-refractivity contribution in [1.82, 2.24) is 15.1 Å². The lowest BCUT2D eigenvalue weighted by Crippen LogP contribution is -2.31. The summed E-state index contributed by atoms with van der Waals surface area (Å²) in [6, 6.07) is 0.414. The van der Waals surface area contributed by atoms with Gasteiger partial charge in [0.1, 0.15) is 0 Å². The Bertz CT molecular complexity index is 327. The summed E-state index contributed by atoms with van der Waals surface area (Å²) >= 11 is 0. The first kappa shape index (κ1) is 12.9. The quantitative estimate of drug-likeness (QED) is 0.780. The minimum Gasteiger partial charge on any atom is -0.315 e. The number of aromatic nitrogens is 2. The van der Waals surface area contributed by atoms with Crippen molar-refractivity contribution in [2.24, 2.45) is 0 Å². The van der Waals surface area contributed by atoms with E-state index in [0.717, 1.165) is 19.5 Å². The predicted octanol–water partition coefficient (Wildman–Crippen LogP) is 2.04. The summed E-state index contributed by atoms with van der Waals surface area (Å²) in [5.41, 5.74) is 0.704. The first-order valence-corrected chi connectivity index (χ1v) is 6.03. The second-order valence-electron chi connectivity index (χ2n) is 3.77. The second kappa shape index (κ2) is 6.43. The van der Waals surface area contributed by atoms with Gasteiger partial charge in [-0.05, 0) is 26.3 Å². The Kier molecular flexibility index (Phi) is 5.19. The van der Waals surface area contributed by atoms with E-state index in [9.17, 15) is 4.79 Å². The van der Waals surface area contributed by atoms with Crippen LogP contribution in [0.25, 0.3) is 0 Å². The van der Waals surface area contributed by atoms with Crippen LogP contribution >= 0.6 is 0 Å². The smallest absolute Gasteiger partial charge is 0.162 e. The van der Waals surface area contributed by atoms with E-state index in [4.69, 9.17) is 0 Å². The highest BCUT2D eigenvalue weighted by Gasteiger charge is 2.16. The largest absolute Gasteiger partial charge is 0.315 e. The van der Waals surface area contributed by atoms with Crippen LogP contribution in [-0.2, 0) is 0 Å². The second-order valence-corrected chi connectivity index (χ2v) is 3.77. The summed E-state index contributed by atoms with van der Waals surface area (Å²) < 4.78 is 1.91. The molecule has 1 aliphatic rings. The topological polar surface area (TPSA) is 46.9 Å². The van der Waals surface area contributed by atoms with Crippen LogP contribution in [0.5, 0.6) is 0 Å².